The third-order valence-corrected chi connectivity index (χ3v) is 5.72. The summed E-state index contributed by atoms with van der Waals surface area (Å²) in [6.45, 7) is 0. The molecule has 0 atom stereocenters. The molecule has 0 spiro atoms. The standard InChI is InChI=1S/C18H13FN6O2S2/c19-12-5-1-2-6-13(12)21-16(27)22-17-23-24-18(29-17)28-10-11-9-15(26)25-8-4-3-7-14(25)20-11/h1-9H,10H2,(H2,21,22,23,27). The summed E-state index contributed by atoms with van der Waals surface area (Å²) >= 11 is 2.51. The first-order valence-corrected chi connectivity index (χ1v) is 10.1. The molecular formula is C18H13FN6O2S2. The zero-order chi connectivity index (χ0) is 20.2. The number of urea groups is 1. The number of nitrogens with one attached hydrogen (secondary N) is 2. The van der Waals surface area contributed by atoms with E-state index in [-0.39, 0.29) is 16.4 Å². The number of aromatic nitrogens is 4. The van der Waals surface area contributed by atoms with Crippen molar-refractivity contribution in [3.8, 4) is 0 Å². The van der Waals surface area contributed by atoms with E-state index in [1.165, 1.54) is 51.8 Å². The number of amides is 2. The highest BCUT2D eigenvalue weighted by molar-refractivity contribution is 8.00. The monoisotopic (exact) mass is 428 g/mol. The third-order valence-electron chi connectivity index (χ3n) is 3.72. The first-order valence-electron chi connectivity index (χ1n) is 8.35. The molecule has 3 heterocycles. The van der Waals surface area contributed by atoms with Crippen LogP contribution in [0, 0.1) is 5.82 Å². The lowest BCUT2D eigenvalue weighted by Crippen LogP contribution is -2.19. The van der Waals surface area contributed by atoms with E-state index in [9.17, 15) is 14.0 Å². The van der Waals surface area contributed by atoms with Crippen molar-refractivity contribution in [3.05, 3.63) is 76.6 Å². The summed E-state index contributed by atoms with van der Waals surface area (Å²) < 4.78 is 15.6. The summed E-state index contributed by atoms with van der Waals surface area (Å²) in [7, 11) is 0. The molecule has 0 unspecified atom stereocenters. The van der Waals surface area contributed by atoms with Gasteiger partial charge in [-0.25, -0.2) is 14.2 Å². The van der Waals surface area contributed by atoms with E-state index < -0.39 is 11.8 Å². The van der Waals surface area contributed by atoms with Crippen LogP contribution in [-0.4, -0.2) is 25.6 Å². The van der Waals surface area contributed by atoms with E-state index in [1.54, 1.807) is 24.4 Å². The van der Waals surface area contributed by atoms with E-state index in [4.69, 9.17) is 0 Å². The minimum Gasteiger partial charge on any atom is -0.305 e. The van der Waals surface area contributed by atoms with Crippen molar-refractivity contribution in [3.63, 3.8) is 0 Å². The number of halogens is 1. The molecule has 0 aliphatic rings. The highest BCUT2D eigenvalue weighted by Crippen LogP contribution is 2.28. The van der Waals surface area contributed by atoms with Gasteiger partial charge in [-0.1, -0.05) is 41.3 Å². The average Bonchev–Trinajstić information content (AvgIpc) is 3.15. The Morgan fingerprint density at radius 1 is 1.14 bits per heavy atom. The number of rotatable bonds is 5. The van der Waals surface area contributed by atoms with Crippen LogP contribution in [0.2, 0.25) is 0 Å². The van der Waals surface area contributed by atoms with Gasteiger partial charge in [0, 0.05) is 18.0 Å². The Balaban J connectivity index is 1.38. The summed E-state index contributed by atoms with van der Waals surface area (Å²) in [5.41, 5.74) is 1.10. The zero-order valence-electron chi connectivity index (χ0n) is 14.7. The number of carbonyl (C=O) groups excluding carboxylic acids is 1. The van der Waals surface area contributed by atoms with Crippen LogP contribution in [0.1, 0.15) is 5.69 Å². The van der Waals surface area contributed by atoms with E-state index >= 15 is 0 Å². The van der Waals surface area contributed by atoms with Crippen molar-refractivity contribution in [2.24, 2.45) is 0 Å². The van der Waals surface area contributed by atoms with Gasteiger partial charge in [0.15, 0.2) is 4.34 Å². The van der Waals surface area contributed by atoms with E-state index in [0.717, 1.165) is 0 Å². The van der Waals surface area contributed by atoms with Gasteiger partial charge in [-0.3, -0.25) is 14.5 Å². The maximum atomic E-state index is 13.6. The lowest BCUT2D eigenvalue weighted by atomic mass is 10.3. The molecule has 0 radical (unpaired) electrons. The minimum absolute atomic E-state index is 0.0674. The summed E-state index contributed by atoms with van der Waals surface area (Å²) in [4.78, 5) is 28.5. The van der Waals surface area contributed by atoms with Crippen molar-refractivity contribution in [1.82, 2.24) is 19.6 Å². The van der Waals surface area contributed by atoms with Gasteiger partial charge in [0.25, 0.3) is 5.56 Å². The van der Waals surface area contributed by atoms with Crippen LogP contribution in [-0.2, 0) is 5.75 Å². The maximum absolute atomic E-state index is 13.6. The summed E-state index contributed by atoms with van der Waals surface area (Å²) in [5.74, 6) is -0.105. The van der Waals surface area contributed by atoms with Gasteiger partial charge < -0.3 is 5.32 Å². The lowest BCUT2D eigenvalue weighted by molar-refractivity contribution is 0.262. The number of pyridine rings is 1. The fraction of sp³-hybridized carbons (Fsp3) is 0.0556. The molecule has 0 aliphatic heterocycles. The molecule has 0 fully saturated rings. The number of hydrogen-bond acceptors (Lipinski definition) is 7. The molecule has 11 heteroatoms. The normalized spacial score (nSPS) is 10.8. The molecule has 4 aromatic rings. The van der Waals surface area contributed by atoms with Gasteiger partial charge in [-0.05, 0) is 24.3 Å². The van der Waals surface area contributed by atoms with Gasteiger partial charge in [0.2, 0.25) is 5.13 Å². The largest absolute Gasteiger partial charge is 0.325 e. The van der Waals surface area contributed by atoms with Crippen LogP contribution >= 0.6 is 23.1 Å². The Hall–Kier alpha value is -3.31. The predicted molar refractivity (Wildman–Crippen MR) is 110 cm³/mol. The maximum Gasteiger partial charge on any atom is 0.325 e. The number of carbonyl (C=O) groups is 1. The number of para-hydroxylation sites is 1. The SMILES string of the molecule is O=C(Nc1nnc(SCc2cc(=O)n3ccccc3n2)s1)Nc1ccccc1F. The Kier molecular flexibility index (Phi) is 5.49. The Morgan fingerprint density at radius 3 is 2.83 bits per heavy atom. The van der Waals surface area contributed by atoms with E-state index in [1.807, 2.05) is 6.07 Å². The summed E-state index contributed by atoms with van der Waals surface area (Å²) in [6.07, 6.45) is 1.66. The molecule has 0 saturated carbocycles. The number of anilines is 2. The Bertz CT molecular complexity index is 1240. The topological polar surface area (TPSA) is 101 Å². The molecule has 0 saturated heterocycles. The van der Waals surface area contributed by atoms with Crippen LogP contribution in [0.3, 0.4) is 0 Å². The molecule has 4 rings (SSSR count). The number of benzene rings is 1. The molecule has 146 valence electrons. The second kappa shape index (κ2) is 8.37. The first-order chi connectivity index (χ1) is 14.1. The fourth-order valence-electron chi connectivity index (χ4n) is 2.44. The average molecular weight is 428 g/mol. The molecule has 2 amide bonds. The predicted octanol–water partition coefficient (Wildman–Crippen LogP) is 3.62. The molecule has 1 aromatic carbocycles. The van der Waals surface area contributed by atoms with Gasteiger partial charge in [-0.2, -0.15) is 0 Å². The van der Waals surface area contributed by atoms with Crippen molar-refractivity contribution >= 4 is 45.6 Å². The summed E-state index contributed by atoms with van der Waals surface area (Å²) in [6, 6.07) is 12.1. The number of thioether (sulfide) groups is 1. The number of fused-ring (bicyclic) bond motifs is 1. The molecule has 0 bridgehead atoms. The van der Waals surface area contributed by atoms with Crippen LogP contribution in [0.15, 0.2) is 63.9 Å². The molecule has 3 aromatic heterocycles. The highest BCUT2D eigenvalue weighted by Gasteiger charge is 2.11. The molecule has 0 aliphatic carbocycles. The Labute approximate surface area is 171 Å². The lowest BCUT2D eigenvalue weighted by Gasteiger charge is -2.05. The van der Waals surface area contributed by atoms with Crippen molar-refractivity contribution in [2.45, 2.75) is 10.1 Å². The molecule has 2 N–H and O–H groups in total. The zero-order valence-corrected chi connectivity index (χ0v) is 16.3. The smallest absolute Gasteiger partial charge is 0.305 e. The van der Waals surface area contributed by atoms with Crippen LogP contribution in [0.25, 0.3) is 5.65 Å². The molecular weight excluding hydrogens is 415 g/mol. The van der Waals surface area contributed by atoms with Gasteiger partial charge in [-0.15, -0.1) is 10.2 Å². The van der Waals surface area contributed by atoms with E-state index in [0.29, 0.717) is 21.4 Å². The number of hydrogen-bond donors (Lipinski definition) is 2. The molecule has 29 heavy (non-hydrogen) atoms. The highest BCUT2D eigenvalue weighted by atomic mass is 32.2. The summed E-state index contributed by atoms with van der Waals surface area (Å²) in [5, 5.41) is 13.1. The first kappa shape index (κ1) is 19.0. The minimum atomic E-state index is -0.619. The number of nitrogens with zero attached hydrogens (tertiary/aromatic N) is 4. The van der Waals surface area contributed by atoms with Crippen LogP contribution in [0.5, 0.6) is 0 Å². The van der Waals surface area contributed by atoms with Gasteiger partial charge in [0.1, 0.15) is 11.5 Å². The van der Waals surface area contributed by atoms with Crippen molar-refractivity contribution < 1.29 is 9.18 Å². The second-order valence-corrected chi connectivity index (χ2v) is 7.94. The Morgan fingerprint density at radius 2 is 1.97 bits per heavy atom. The molecule has 8 nitrogen and oxygen atoms in total. The third kappa shape index (κ3) is 4.58. The second-order valence-electron chi connectivity index (χ2n) is 5.74. The fourth-order valence-corrected chi connectivity index (χ4v) is 4.08. The van der Waals surface area contributed by atoms with Gasteiger partial charge in [0.05, 0.1) is 11.4 Å². The van der Waals surface area contributed by atoms with Crippen molar-refractivity contribution in [2.75, 3.05) is 10.6 Å². The van der Waals surface area contributed by atoms with Crippen LogP contribution in [0.4, 0.5) is 20.0 Å². The quantitative estimate of drug-likeness (QED) is 0.372. The van der Waals surface area contributed by atoms with E-state index in [2.05, 4.69) is 25.8 Å². The van der Waals surface area contributed by atoms with Crippen LogP contribution < -0.4 is 16.2 Å². The van der Waals surface area contributed by atoms with Crippen molar-refractivity contribution in [1.29, 1.82) is 0 Å². The van der Waals surface area contributed by atoms with Gasteiger partial charge >= 0.3 is 6.03 Å².